The molecular weight excluding hydrogens is 246 g/mol. The molecule has 1 saturated heterocycles. The summed E-state index contributed by atoms with van der Waals surface area (Å²) in [5.74, 6) is 0. The predicted molar refractivity (Wildman–Crippen MR) is 87.4 cm³/mol. The summed E-state index contributed by atoms with van der Waals surface area (Å²) >= 11 is 0. The van der Waals surface area contributed by atoms with Crippen LogP contribution < -0.4 is 10.2 Å². The number of hydrogen-bond donors (Lipinski definition) is 1. The van der Waals surface area contributed by atoms with Crippen LogP contribution in [0, 0.1) is 0 Å². The molecule has 3 nitrogen and oxygen atoms in total. The van der Waals surface area contributed by atoms with Crippen LogP contribution in [0.1, 0.15) is 32.8 Å². The first kappa shape index (κ1) is 15.3. The van der Waals surface area contributed by atoms with E-state index in [1.165, 1.54) is 30.8 Å². The van der Waals surface area contributed by atoms with Gasteiger partial charge < -0.3 is 15.1 Å². The minimum absolute atomic E-state index is 0.175. The first-order valence-corrected chi connectivity index (χ1v) is 7.71. The van der Waals surface area contributed by atoms with Gasteiger partial charge >= 0.3 is 0 Å². The minimum atomic E-state index is 0.175. The zero-order valence-corrected chi connectivity index (χ0v) is 13.4. The van der Waals surface area contributed by atoms with Gasteiger partial charge in [-0.05, 0) is 58.5 Å². The molecular formula is C17H29N3. The van der Waals surface area contributed by atoms with E-state index >= 15 is 0 Å². The molecule has 0 aliphatic carbocycles. The minimum Gasteiger partial charge on any atom is -0.370 e. The molecule has 0 spiro atoms. The fourth-order valence-electron chi connectivity index (χ4n) is 2.50. The van der Waals surface area contributed by atoms with Crippen LogP contribution in [-0.4, -0.2) is 43.7 Å². The SMILES string of the molecule is CN1CCCN(c2ccc(CNC(C)(C)C)cc2)CC1. The second-order valence-corrected chi connectivity index (χ2v) is 6.91. The fourth-order valence-corrected chi connectivity index (χ4v) is 2.50. The Morgan fingerprint density at radius 3 is 2.35 bits per heavy atom. The summed E-state index contributed by atoms with van der Waals surface area (Å²) in [4.78, 5) is 4.92. The molecule has 1 aromatic rings. The van der Waals surface area contributed by atoms with Crippen LogP contribution >= 0.6 is 0 Å². The Morgan fingerprint density at radius 2 is 1.70 bits per heavy atom. The van der Waals surface area contributed by atoms with Crippen molar-refractivity contribution in [2.45, 2.75) is 39.3 Å². The predicted octanol–water partition coefficient (Wildman–Crippen LogP) is 2.72. The van der Waals surface area contributed by atoms with Crippen molar-refractivity contribution in [3.63, 3.8) is 0 Å². The summed E-state index contributed by atoms with van der Waals surface area (Å²) in [6, 6.07) is 9.04. The van der Waals surface area contributed by atoms with Gasteiger partial charge in [0.05, 0.1) is 0 Å². The van der Waals surface area contributed by atoms with Crippen molar-refractivity contribution in [2.24, 2.45) is 0 Å². The summed E-state index contributed by atoms with van der Waals surface area (Å²) in [5.41, 5.74) is 2.89. The lowest BCUT2D eigenvalue weighted by atomic mass is 10.1. The Morgan fingerprint density at radius 1 is 1.00 bits per heavy atom. The van der Waals surface area contributed by atoms with Crippen molar-refractivity contribution in [3.8, 4) is 0 Å². The van der Waals surface area contributed by atoms with Gasteiger partial charge in [-0.15, -0.1) is 0 Å². The van der Waals surface area contributed by atoms with Crippen molar-refractivity contribution in [2.75, 3.05) is 38.1 Å². The molecule has 0 amide bonds. The number of rotatable bonds is 3. The molecule has 2 rings (SSSR count). The molecule has 0 unspecified atom stereocenters. The van der Waals surface area contributed by atoms with E-state index < -0.39 is 0 Å². The molecule has 3 heteroatoms. The third kappa shape index (κ3) is 4.80. The summed E-state index contributed by atoms with van der Waals surface area (Å²) < 4.78 is 0. The van der Waals surface area contributed by atoms with Crippen LogP contribution in [-0.2, 0) is 6.54 Å². The lowest BCUT2D eigenvalue weighted by molar-refractivity contribution is 0.360. The van der Waals surface area contributed by atoms with Crippen LogP contribution in [0.4, 0.5) is 5.69 Å². The molecule has 112 valence electrons. The van der Waals surface area contributed by atoms with E-state index in [1.54, 1.807) is 0 Å². The van der Waals surface area contributed by atoms with Gasteiger partial charge in [-0.3, -0.25) is 0 Å². The van der Waals surface area contributed by atoms with Crippen LogP contribution in [0.5, 0.6) is 0 Å². The van der Waals surface area contributed by atoms with Gasteiger partial charge in [0, 0.05) is 37.4 Å². The average molecular weight is 275 g/mol. The number of anilines is 1. The maximum Gasteiger partial charge on any atom is 0.0366 e. The first-order valence-electron chi connectivity index (χ1n) is 7.71. The summed E-state index contributed by atoms with van der Waals surface area (Å²) in [7, 11) is 2.21. The standard InChI is InChI=1S/C17H29N3/c1-17(2,3)18-14-15-6-8-16(9-7-15)20-11-5-10-19(4)12-13-20/h6-9,18H,5,10-14H2,1-4H3. The number of hydrogen-bond acceptors (Lipinski definition) is 3. The van der Waals surface area contributed by atoms with Gasteiger partial charge in [-0.2, -0.15) is 0 Å². The van der Waals surface area contributed by atoms with Crippen LogP contribution in [0.3, 0.4) is 0 Å². The topological polar surface area (TPSA) is 18.5 Å². The summed E-state index contributed by atoms with van der Waals surface area (Å²) in [6.45, 7) is 12.2. The van der Waals surface area contributed by atoms with Gasteiger partial charge in [0.25, 0.3) is 0 Å². The molecule has 0 saturated carbocycles. The van der Waals surface area contributed by atoms with E-state index in [-0.39, 0.29) is 5.54 Å². The lowest BCUT2D eigenvalue weighted by Crippen LogP contribution is -2.35. The van der Waals surface area contributed by atoms with Crippen molar-refractivity contribution in [1.82, 2.24) is 10.2 Å². The molecule has 0 radical (unpaired) electrons. The second kappa shape index (κ2) is 6.59. The maximum atomic E-state index is 3.53. The molecule has 0 aromatic heterocycles. The maximum absolute atomic E-state index is 3.53. The van der Waals surface area contributed by atoms with E-state index in [2.05, 4.69) is 67.2 Å². The van der Waals surface area contributed by atoms with Crippen LogP contribution in [0.15, 0.2) is 24.3 Å². The Balaban J connectivity index is 1.93. The molecule has 0 bridgehead atoms. The molecule has 1 aliphatic rings. The van der Waals surface area contributed by atoms with Gasteiger partial charge in [-0.25, -0.2) is 0 Å². The number of benzene rings is 1. The molecule has 0 atom stereocenters. The Bertz CT molecular complexity index is 405. The number of likely N-dealkylation sites (N-methyl/N-ethyl adjacent to an activating group) is 1. The van der Waals surface area contributed by atoms with Gasteiger partial charge in [-0.1, -0.05) is 12.1 Å². The highest BCUT2D eigenvalue weighted by molar-refractivity contribution is 5.47. The third-order valence-electron chi connectivity index (χ3n) is 3.84. The Kier molecular flexibility index (Phi) is 5.06. The molecule has 1 heterocycles. The van der Waals surface area contributed by atoms with E-state index in [1.807, 2.05) is 0 Å². The fraction of sp³-hybridized carbons (Fsp3) is 0.647. The number of nitrogens with one attached hydrogen (secondary N) is 1. The highest BCUT2D eigenvalue weighted by atomic mass is 15.2. The third-order valence-corrected chi connectivity index (χ3v) is 3.84. The molecule has 1 fully saturated rings. The average Bonchev–Trinajstić information content (AvgIpc) is 2.61. The summed E-state index contributed by atoms with van der Waals surface area (Å²) in [5, 5.41) is 3.53. The highest BCUT2D eigenvalue weighted by Gasteiger charge is 2.13. The van der Waals surface area contributed by atoms with Crippen LogP contribution in [0.2, 0.25) is 0 Å². The Labute approximate surface area is 124 Å². The lowest BCUT2D eigenvalue weighted by Gasteiger charge is -2.24. The van der Waals surface area contributed by atoms with E-state index in [0.29, 0.717) is 0 Å². The Hall–Kier alpha value is -1.06. The van der Waals surface area contributed by atoms with Crippen molar-refractivity contribution in [1.29, 1.82) is 0 Å². The van der Waals surface area contributed by atoms with Crippen molar-refractivity contribution < 1.29 is 0 Å². The highest BCUT2D eigenvalue weighted by Crippen LogP contribution is 2.17. The summed E-state index contributed by atoms with van der Waals surface area (Å²) in [6.07, 6.45) is 1.25. The van der Waals surface area contributed by atoms with E-state index in [4.69, 9.17) is 0 Å². The first-order chi connectivity index (χ1) is 9.44. The molecule has 1 aromatic carbocycles. The van der Waals surface area contributed by atoms with E-state index in [9.17, 15) is 0 Å². The molecule has 20 heavy (non-hydrogen) atoms. The quantitative estimate of drug-likeness (QED) is 0.915. The van der Waals surface area contributed by atoms with Gasteiger partial charge in [0.15, 0.2) is 0 Å². The second-order valence-electron chi connectivity index (χ2n) is 6.91. The smallest absolute Gasteiger partial charge is 0.0366 e. The van der Waals surface area contributed by atoms with Gasteiger partial charge in [0.1, 0.15) is 0 Å². The normalized spacial score (nSPS) is 18.1. The zero-order chi connectivity index (χ0) is 14.6. The number of nitrogens with zero attached hydrogens (tertiary/aromatic N) is 2. The van der Waals surface area contributed by atoms with Crippen molar-refractivity contribution >= 4 is 5.69 Å². The molecule has 1 N–H and O–H groups in total. The van der Waals surface area contributed by atoms with Crippen molar-refractivity contribution in [3.05, 3.63) is 29.8 Å². The zero-order valence-electron chi connectivity index (χ0n) is 13.4. The van der Waals surface area contributed by atoms with Crippen LogP contribution in [0.25, 0.3) is 0 Å². The molecule has 1 aliphatic heterocycles. The largest absolute Gasteiger partial charge is 0.370 e. The van der Waals surface area contributed by atoms with E-state index in [0.717, 1.165) is 19.6 Å². The monoisotopic (exact) mass is 275 g/mol. The van der Waals surface area contributed by atoms with Gasteiger partial charge in [0.2, 0.25) is 0 Å².